The monoisotopic (exact) mass is 371 g/mol. The lowest BCUT2D eigenvalue weighted by Gasteiger charge is -2.15. The Labute approximate surface area is 158 Å². The minimum atomic E-state index is 0.257. The van der Waals surface area contributed by atoms with Crippen molar-refractivity contribution in [2.75, 3.05) is 26.5 Å². The summed E-state index contributed by atoms with van der Waals surface area (Å²) in [6.45, 7) is 3.19. The summed E-state index contributed by atoms with van der Waals surface area (Å²) < 4.78 is 21.9. The third kappa shape index (κ3) is 4.95. The molecule has 1 saturated heterocycles. The summed E-state index contributed by atoms with van der Waals surface area (Å²) in [4.78, 5) is 4.71. The normalized spacial score (nSPS) is 18.7. The molecule has 2 N–H and O–H groups in total. The third-order valence-corrected chi connectivity index (χ3v) is 4.62. The molecule has 27 heavy (non-hydrogen) atoms. The molecule has 0 radical (unpaired) electrons. The molecule has 144 valence electrons. The van der Waals surface area contributed by atoms with Crippen LogP contribution >= 0.6 is 0 Å². The Morgan fingerprint density at radius 1 is 1.15 bits per heavy atom. The van der Waals surface area contributed by atoms with Gasteiger partial charge in [-0.25, -0.2) is 4.99 Å². The van der Waals surface area contributed by atoms with Crippen LogP contribution in [0, 0.1) is 0 Å². The smallest absolute Gasteiger partial charge is 0.231 e. The first-order chi connectivity index (χ1) is 13.4. The van der Waals surface area contributed by atoms with Gasteiger partial charge in [0, 0.05) is 26.1 Å². The van der Waals surface area contributed by atoms with Crippen LogP contribution < -0.4 is 20.1 Å². The molecule has 1 atom stereocenters. The van der Waals surface area contributed by atoms with Crippen molar-refractivity contribution in [3.05, 3.63) is 47.9 Å². The lowest BCUT2D eigenvalue weighted by atomic mass is 10.2. The first kappa shape index (κ1) is 17.7. The first-order valence-electron chi connectivity index (χ1n) is 9.41. The molecule has 1 aromatic carbocycles. The van der Waals surface area contributed by atoms with Crippen molar-refractivity contribution >= 4 is 5.96 Å². The van der Waals surface area contributed by atoms with Crippen molar-refractivity contribution in [1.82, 2.24) is 10.6 Å². The number of benzene rings is 1. The van der Waals surface area contributed by atoms with Gasteiger partial charge in [-0.05, 0) is 42.7 Å². The van der Waals surface area contributed by atoms with Gasteiger partial charge in [0.15, 0.2) is 17.5 Å². The highest BCUT2D eigenvalue weighted by atomic mass is 16.7. The van der Waals surface area contributed by atoms with Gasteiger partial charge in [0.2, 0.25) is 6.79 Å². The summed E-state index contributed by atoms with van der Waals surface area (Å²) in [5.74, 6) is 3.30. The lowest BCUT2D eigenvalue weighted by Crippen LogP contribution is -2.41. The van der Waals surface area contributed by atoms with Crippen molar-refractivity contribution in [3.63, 3.8) is 0 Å². The fourth-order valence-electron chi connectivity index (χ4n) is 3.16. The molecular weight excluding hydrogens is 346 g/mol. The number of rotatable bonds is 7. The van der Waals surface area contributed by atoms with E-state index in [1.54, 1.807) is 6.26 Å². The van der Waals surface area contributed by atoms with Crippen molar-refractivity contribution in [2.45, 2.75) is 31.9 Å². The van der Waals surface area contributed by atoms with Crippen LogP contribution in [-0.4, -0.2) is 38.6 Å². The number of hydrogen-bond donors (Lipinski definition) is 2. The molecule has 1 aromatic heterocycles. The van der Waals surface area contributed by atoms with Gasteiger partial charge in [0.05, 0.1) is 18.9 Å². The van der Waals surface area contributed by atoms with Crippen LogP contribution in [0.5, 0.6) is 11.5 Å². The number of nitrogens with zero attached hydrogens (tertiary/aromatic N) is 1. The van der Waals surface area contributed by atoms with Gasteiger partial charge in [-0.1, -0.05) is 6.07 Å². The SMILES string of the molecule is c1coc(CCNC(=NCc2ccc3c(c2)OCO3)NCC2CCCO2)c1. The number of guanidine groups is 1. The molecule has 0 spiro atoms. The summed E-state index contributed by atoms with van der Waals surface area (Å²) in [7, 11) is 0. The number of ether oxygens (including phenoxy) is 3. The van der Waals surface area contributed by atoms with Crippen molar-refractivity contribution in [1.29, 1.82) is 0 Å². The van der Waals surface area contributed by atoms with E-state index in [4.69, 9.17) is 23.6 Å². The number of hydrogen-bond acceptors (Lipinski definition) is 5. The van der Waals surface area contributed by atoms with E-state index in [-0.39, 0.29) is 12.9 Å². The largest absolute Gasteiger partial charge is 0.469 e. The van der Waals surface area contributed by atoms with Crippen LogP contribution in [0.25, 0.3) is 0 Å². The Kier molecular flexibility index (Phi) is 5.79. The molecule has 3 heterocycles. The molecule has 0 amide bonds. The third-order valence-electron chi connectivity index (χ3n) is 4.62. The Hall–Kier alpha value is -2.67. The van der Waals surface area contributed by atoms with Gasteiger partial charge >= 0.3 is 0 Å². The Balaban J connectivity index is 1.35. The minimum Gasteiger partial charge on any atom is -0.469 e. The summed E-state index contributed by atoms with van der Waals surface area (Å²) in [6.07, 6.45) is 4.97. The summed E-state index contributed by atoms with van der Waals surface area (Å²) >= 11 is 0. The quantitative estimate of drug-likeness (QED) is 0.575. The second kappa shape index (κ2) is 8.81. The van der Waals surface area contributed by atoms with Gasteiger partial charge in [0.1, 0.15) is 5.76 Å². The topological polar surface area (TPSA) is 77.3 Å². The zero-order chi connectivity index (χ0) is 18.3. The molecule has 1 unspecified atom stereocenters. The predicted octanol–water partition coefficient (Wildman–Crippen LogP) is 2.47. The molecular formula is C20H25N3O4. The zero-order valence-corrected chi connectivity index (χ0v) is 15.3. The van der Waals surface area contributed by atoms with E-state index in [0.29, 0.717) is 6.54 Å². The van der Waals surface area contributed by atoms with Crippen molar-refractivity contribution in [3.8, 4) is 11.5 Å². The van der Waals surface area contributed by atoms with Gasteiger partial charge < -0.3 is 29.3 Å². The van der Waals surface area contributed by atoms with Gasteiger partial charge in [0.25, 0.3) is 0 Å². The van der Waals surface area contributed by atoms with Crippen LogP contribution in [0.4, 0.5) is 0 Å². The fraction of sp³-hybridized carbons (Fsp3) is 0.450. The van der Waals surface area contributed by atoms with Crippen LogP contribution in [-0.2, 0) is 17.7 Å². The highest BCUT2D eigenvalue weighted by Crippen LogP contribution is 2.32. The number of aliphatic imine (C=N–C) groups is 1. The van der Waals surface area contributed by atoms with Crippen molar-refractivity contribution < 1.29 is 18.6 Å². The molecule has 0 aliphatic carbocycles. The maximum Gasteiger partial charge on any atom is 0.231 e. The van der Waals surface area contributed by atoms with Gasteiger partial charge in [-0.3, -0.25) is 0 Å². The number of nitrogens with one attached hydrogen (secondary N) is 2. The molecule has 0 bridgehead atoms. The summed E-state index contributed by atoms with van der Waals surface area (Å²) in [5.41, 5.74) is 1.07. The van der Waals surface area contributed by atoms with E-state index in [0.717, 1.165) is 67.7 Å². The van der Waals surface area contributed by atoms with E-state index >= 15 is 0 Å². The summed E-state index contributed by atoms with van der Waals surface area (Å²) in [6, 6.07) is 9.80. The number of fused-ring (bicyclic) bond motifs is 1. The predicted molar refractivity (Wildman–Crippen MR) is 101 cm³/mol. The average Bonchev–Trinajstić information content (AvgIpc) is 3.45. The minimum absolute atomic E-state index is 0.257. The standard InChI is InChI=1S/C20H25N3O4/c1-3-16(24-9-1)7-8-21-20(23-13-17-4-2-10-25-17)22-12-15-5-6-18-19(11-15)27-14-26-18/h1,3,5-6,9,11,17H,2,4,7-8,10,12-14H2,(H2,21,22,23). The van der Waals surface area contributed by atoms with E-state index in [9.17, 15) is 0 Å². The average molecular weight is 371 g/mol. The van der Waals surface area contributed by atoms with Gasteiger partial charge in [-0.15, -0.1) is 0 Å². The molecule has 2 aromatic rings. The maximum atomic E-state index is 5.69. The van der Waals surface area contributed by atoms with E-state index in [1.807, 2.05) is 30.3 Å². The van der Waals surface area contributed by atoms with Crippen LogP contribution in [0.1, 0.15) is 24.2 Å². The zero-order valence-electron chi connectivity index (χ0n) is 15.3. The molecule has 4 rings (SSSR count). The fourth-order valence-corrected chi connectivity index (χ4v) is 3.16. The molecule has 7 heteroatoms. The maximum absolute atomic E-state index is 5.69. The highest BCUT2D eigenvalue weighted by molar-refractivity contribution is 5.79. The van der Waals surface area contributed by atoms with Crippen LogP contribution in [0.15, 0.2) is 46.0 Å². The number of furan rings is 1. The van der Waals surface area contributed by atoms with E-state index in [2.05, 4.69) is 10.6 Å². The Morgan fingerprint density at radius 2 is 2.11 bits per heavy atom. The molecule has 0 saturated carbocycles. The van der Waals surface area contributed by atoms with Gasteiger partial charge in [-0.2, -0.15) is 0 Å². The Morgan fingerprint density at radius 3 is 2.96 bits per heavy atom. The highest BCUT2D eigenvalue weighted by Gasteiger charge is 2.16. The van der Waals surface area contributed by atoms with Crippen LogP contribution in [0.2, 0.25) is 0 Å². The second-order valence-corrected chi connectivity index (χ2v) is 6.62. The summed E-state index contributed by atoms with van der Waals surface area (Å²) in [5, 5.41) is 6.76. The van der Waals surface area contributed by atoms with E-state index in [1.165, 1.54) is 0 Å². The Bertz CT molecular complexity index is 755. The first-order valence-corrected chi connectivity index (χ1v) is 9.41. The molecule has 1 fully saturated rings. The molecule has 7 nitrogen and oxygen atoms in total. The second-order valence-electron chi connectivity index (χ2n) is 6.62. The lowest BCUT2D eigenvalue weighted by molar-refractivity contribution is 0.114. The van der Waals surface area contributed by atoms with Crippen LogP contribution in [0.3, 0.4) is 0 Å². The molecule has 2 aliphatic heterocycles. The van der Waals surface area contributed by atoms with E-state index < -0.39 is 0 Å². The van der Waals surface area contributed by atoms with Crippen molar-refractivity contribution in [2.24, 2.45) is 4.99 Å². The molecule has 2 aliphatic rings.